The first-order valence-electron chi connectivity index (χ1n) is 6.36. The monoisotopic (exact) mass is 257 g/mol. The smallest absolute Gasteiger partial charge is 0.277 e. The number of hydrogen-bond acceptors (Lipinski definition) is 4. The molecule has 1 aromatic carbocycles. The number of anilines is 2. The topological polar surface area (TPSA) is 73.9 Å². The molecule has 2 aromatic rings. The molecule has 98 valence electrons. The van der Waals surface area contributed by atoms with Crippen molar-refractivity contribution in [1.82, 2.24) is 15.4 Å². The molecule has 1 aliphatic rings. The SMILES string of the molecule is O=C(Nc1ccccc1N1CCCC1)c1cn[nH]n1. The highest BCUT2D eigenvalue weighted by atomic mass is 16.2. The van der Waals surface area contributed by atoms with E-state index >= 15 is 0 Å². The van der Waals surface area contributed by atoms with Gasteiger partial charge in [0.15, 0.2) is 5.69 Å². The van der Waals surface area contributed by atoms with Crippen molar-refractivity contribution in [3.8, 4) is 0 Å². The van der Waals surface area contributed by atoms with Crippen molar-refractivity contribution in [3.05, 3.63) is 36.2 Å². The summed E-state index contributed by atoms with van der Waals surface area (Å²) in [4.78, 5) is 14.3. The van der Waals surface area contributed by atoms with Gasteiger partial charge in [0, 0.05) is 13.1 Å². The number of aromatic amines is 1. The van der Waals surface area contributed by atoms with E-state index < -0.39 is 0 Å². The van der Waals surface area contributed by atoms with Gasteiger partial charge in [-0.3, -0.25) is 4.79 Å². The first-order valence-corrected chi connectivity index (χ1v) is 6.36. The van der Waals surface area contributed by atoms with E-state index in [1.54, 1.807) is 0 Å². The van der Waals surface area contributed by atoms with Gasteiger partial charge < -0.3 is 10.2 Å². The summed E-state index contributed by atoms with van der Waals surface area (Å²) in [6.45, 7) is 2.08. The molecule has 2 N–H and O–H groups in total. The molecule has 0 saturated carbocycles. The Kier molecular flexibility index (Phi) is 3.14. The third kappa shape index (κ3) is 2.42. The molecular formula is C13H15N5O. The number of amides is 1. The van der Waals surface area contributed by atoms with Crippen molar-refractivity contribution in [2.24, 2.45) is 0 Å². The van der Waals surface area contributed by atoms with E-state index in [0.29, 0.717) is 0 Å². The maximum Gasteiger partial charge on any atom is 0.277 e. The Balaban J connectivity index is 1.82. The second-order valence-electron chi connectivity index (χ2n) is 4.52. The minimum atomic E-state index is -0.250. The van der Waals surface area contributed by atoms with Crippen LogP contribution in [0.15, 0.2) is 30.5 Å². The second kappa shape index (κ2) is 5.09. The molecule has 0 atom stereocenters. The Hall–Kier alpha value is -2.37. The summed E-state index contributed by atoms with van der Waals surface area (Å²) in [5.74, 6) is -0.250. The van der Waals surface area contributed by atoms with Crippen LogP contribution in [0.3, 0.4) is 0 Å². The van der Waals surface area contributed by atoms with Crippen molar-refractivity contribution in [3.63, 3.8) is 0 Å². The van der Waals surface area contributed by atoms with Crippen molar-refractivity contribution in [1.29, 1.82) is 0 Å². The van der Waals surface area contributed by atoms with Gasteiger partial charge in [0.25, 0.3) is 5.91 Å². The molecular weight excluding hydrogens is 242 g/mol. The fourth-order valence-corrected chi connectivity index (χ4v) is 2.31. The fourth-order valence-electron chi connectivity index (χ4n) is 2.31. The molecule has 1 fully saturated rings. The van der Waals surface area contributed by atoms with Crippen LogP contribution < -0.4 is 10.2 Å². The highest BCUT2D eigenvalue weighted by molar-refractivity contribution is 6.04. The minimum Gasteiger partial charge on any atom is -0.370 e. The highest BCUT2D eigenvalue weighted by Crippen LogP contribution is 2.28. The van der Waals surface area contributed by atoms with Crippen LogP contribution in [-0.2, 0) is 0 Å². The Morgan fingerprint density at radius 1 is 1.26 bits per heavy atom. The maximum atomic E-state index is 12.0. The highest BCUT2D eigenvalue weighted by Gasteiger charge is 2.17. The largest absolute Gasteiger partial charge is 0.370 e. The normalized spacial score (nSPS) is 14.6. The standard InChI is InChI=1S/C13H15N5O/c19-13(11-9-14-17-16-11)15-10-5-1-2-6-12(10)18-7-3-4-8-18/h1-2,5-6,9H,3-4,7-8H2,(H,15,19)(H,14,16,17). The van der Waals surface area contributed by atoms with Crippen LogP contribution in [0.2, 0.25) is 0 Å². The van der Waals surface area contributed by atoms with Crippen molar-refractivity contribution < 1.29 is 4.79 Å². The van der Waals surface area contributed by atoms with Crippen LogP contribution in [0.5, 0.6) is 0 Å². The summed E-state index contributed by atoms with van der Waals surface area (Å²) >= 11 is 0. The zero-order chi connectivity index (χ0) is 13.1. The predicted octanol–water partition coefficient (Wildman–Crippen LogP) is 1.66. The average molecular weight is 257 g/mol. The third-order valence-electron chi connectivity index (χ3n) is 3.25. The summed E-state index contributed by atoms with van der Waals surface area (Å²) in [6.07, 6.45) is 3.81. The lowest BCUT2D eigenvalue weighted by Crippen LogP contribution is -2.21. The van der Waals surface area contributed by atoms with E-state index in [9.17, 15) is 4.79 Å². The summed E-state index contributed by atoms with van der Waals surface area (Å²) in [7, 11) is 0. The van der Waals surface area contributed by atoms with Gasteiger partial charge in [-0.15, -0.1) is 0 Å². The molecule has 1 saturated heterocycles. The molecule has 2 heterocycles. The van der Waals surface area contributed by atoms with E-state index in [1.165, 1.54) is 19.0 Å². The number of benzene rings is 1. The van der Waals surface area contributed by atoms with Crippen LogP contribution >= 0.6 is 0 Å². The van der Waals surface area contributed by atoms with Gasteiger partial charge in [-0.05, 0) is 25.0 Å². The molecule has 1 aliphatic heterocycles. The molecule has 3 rings (SSSR count). The number of para-hydroxylation sites is 2. The number of aromatic nitrogens is 3. The van der Waals surface area contributed by atoms with Crippen LogP contribution in [0.4, 0.5) is 11.4 Å². The van der Waals surface area contributed by atoms with Crippen LogP contribution in [0.1, 0.15) is 23.3 Å². The third-order valence-corrected chi connectivity index (χ3v) is 3.25. The van der Waals surface area contributed by atoms with Gasteiger partial charge in [-0.25, -0.2) is 0 Å². The van der Waals surface area contributed by atoms with Crippen molar-refractivity contribution in [2.45, 2.75) is 12.8 Å². The number of nitrogens with zero attached hydrogens (tertiary/aromatic N) is 3. The Labute approximate surface area is 110 Å². The molecule has 0 spiro atoms. The number of carbonyl (C=O) groups excluding carboxylic acids is 1. The minimum absolute atomic E-state index is 0.250. The fraction of sp³-hybridized carbons (Fsp3) is 0.308. The van der Waals surface area contributed by atoms with Crippen LogP contribution in [-0.4, -0.2) is 34.4 Å². The van der Waals surface area contributed by atoms with Crippen molar-refractivity contribution in [2.75, 3.05) is 23.3 Å². The number of H-pyrrole nitrogens is 1. The Morgan fingerprint density at radius 2 is 2.05 bits per heavy atom. The number of carbonyl (C=O) groups is 1. The first-order chi connectivity index (χ1) is 9.34. The van der Waals surface area contributed by atoms with E-state index in [1.807, 2.05) is 24.3 Å². The average Bonchev–Trinajstić information content (AvgIpc) is 3.13. The predicted molar refractivity (Wildman–Crippen MR) is 72.2 cm³/mol. The van der Waals surface area contributed by atoms with E-state index in [-0.39, 0.29) is 11.6 Å². The van der Waals surface area contributed by atoms with Gasteiger partial charge in [-0.1, -0.05) is 12.1 Å². The van der Waals surface area contributed by atoms with Gasteiger partial charge in [0.05, 0.1) is 17.6 Å². The zero-order valence-electron chi connectivity index (χ0n) is 10.5. The molecule has 6 nitrogen and oxygen atoms in total. The van der Waals surface area contributed by atoms with Gasteiger partial charge in [0.2, 0.25) is 0 Å². The zero-order valence-corrected chi connectivity index (χ0v) is 10.5. The van der Waals surface area contributed by atoms with Gasteiger partial charge >= 0.3 is 0 Å². The lowest BCUT2D eigenvalue weighted by atomic mass is 10.2. The van der Waals surface area contributed by atoms with Crippen LogP contribution in [0, 0.1) is 0 Å². The van der Waals surface area contributed by atoms with Crippen molar-refractivity contribution >= 4 is 17.3 Å². The summed E-state index contributed by atoms with van der Waals surface area (Å²) in [6, 6.07) is 7.84. The van der Waals surface area contributed by atoms with E-state index in [0.717, 1.165) is 24.5 Å². The Bertz CT molecular complexity index is 560. The van der Waals surface area contributed by atoms with E-state index in [2.05, 4.69) is 25.6 Å². The number of rotatable bonds is 3. The van der Waals surface area contributed by atoms with E-state index in [4.69, 9.17) is 0 Å². The molecule has 6 heteroatoms. The maximum absolute atomic E-state index is 12.0. The molecule has 1 amide bonds. The molecule has 0 bridgehead atoms. The molecule has 0 aliphatic carbocycles. The van der Waals surface area contributed by atoms with Gasteiger partial charge in [-0.2, -0.15) is 15.4 Å². The van der Waals surface area contributed by atoms with Crippen LogP contribution in [0.25, 0.3) is 0 Å². The molecule has 19 heavy (non-hydrogen) atoms. The first kappa shape index (κ1) is 11.7. The lowest BCUT2D eigenvalue weighted by molar-refractivity contribution is 0.102. The summed E-state index contributed by atoms with van der Waals surface area (Å²) in [5.41, 5.74) is 2.17. The number of hydrogen-bond donors (Lipinski definition) is 2. The molecule has 1 aromatic heterocycles. The quantitative estimate of drug-likeness (QED) is 0.877. The summed E-state index contributed by atoms with van der Waals surface area (Å²) < 4.78 is 0. The number of nitrogens with one attached hydrogen (secondary N) is 2. The van der Waals surface area contributed by atoms with Gasteiger partial charge in [0.1, 0.15) is 0 Å². The second-order valence-corrected chi connectivity index (χ2v) is 4.52. The molecule has 0 unspecified atom stereocenters. The molecule has 0 radical (unpaired) electrons. The lowest BCUT2D eigenvalue weighted by Gasteiger charge is -2.21. The Morgan fingerprint density at radius 3 is 2.79 bits per heavy atom. The summed E-state index contributed by atoms with van der Waals surface area (Å²) in [5, 5.41) is 12.7.